The summed E-state index contributed by atoms with van der Waals surface area (Å²) in [6.07, 6.45) is 3.92. The van der Waals surface area contributed by atoms with Gasteiger partial charge in [0.25, 0.3) is 0 Å². The van der Waals surface area contributed by atoms with Gasteiger partial charge in [0.2, 0.25) is 0 Å². The van der Waals surface area contributed by atoms with Gasteiger partial charge in [-0.25, -0.2) is 0 Å². The molecule has 0 aromatic carbocycles. The summed E-state index contributed by atoms with van der Waals surface area (Å²) in [5.74, 6) is 0. The van der Waals surface area contributed by atoms with Crippen molar-refractivity contribution in [3.63, 3.8) is 0 Å². The van der Waals surface area contributed by atoms with Crippen molar-refractivity contribution in [3.8, 4) is 0 Å². The molecule has 0 bridgehead atoms. The van der Waals surface area contributed by atoms with E-state index in [1.54, 1.807) is 0 Å². The quantitative estimate of drug-likeness (QED) is 0.520. The van der Waals surface area contributed by atoms with E-state index in [-0.39, 0.29) is 18.9 Å². The Bertz CT molecular complexity index is 77.3. The Kier molecular flexibility index (Phi) is 12.0. The first-order chi connectivity index (χ1) is 4.35. The number of hydrogen-bond donors (Lipinski definition) is 0. The third-order valence-corrected chi connectivity index (χ3v) is 1.42. The summed E-state index contributed by atoms with van der Waals surface area (Å²) in [5, 5.41) is 0. The molecule has 0 aromatic heterocycles. The second-order valence-corrected chi connectivity index (χ2v) is 1.96. The van der Waals surface area contributed by atoms with E-state index in [0.717, 1.165) is 19.6 Å². The second-order valence-electron chi connectivity index (χ2n) is 1.96. The summed E-state index contributed by atoms with van der Waals surface area (Å²) in [4.78, 5) is 2.34. The molecule has 1 nitrogen and oxygen atoms in total. The molecule has 0 aliphatic carbocycles. The third kappa shape index (κ3) is 6.42. The Hall–Kier alpha value is 0.297. The summed E-state index contributed by atoms with van der Waals surface area (Å²) in [6.45, 7) is 11.2. The number of nitrogens with zero attached hydrogens (tertiary/aromatic N) is 1. The first-order valence-electron chi connectivity index (χ1n) is 3.51. The average molecular weight is 134 g/mol. The van der Waals surface area contributed by atoms with Crippen molar-refractivity contribution in [2.24, 2.45) is 0 Å². The fourth-order valence-electron chi connectivity index (χ4n) is 0.705. The molecule has 0 atom stereocenters. The molecule has 0 amide bonds. The molecule has 0 saturated heterocycles. The Labute approximate surface area is 76.7 Å². The van der Waals surface area contributed by atoms with Gasteiger partial charge in [-0.05, 0) is 20.0 Å². The van der Waals surface area contributed by atoms with Crippen LogP contribution in [0.1, 0.15) is 13.8 Å². The normalized spacial score (nSPS) is 10.4. The van der Waals surface area contributed by atoms with Crippen LogP contribution in [-0.4, -0.2) is 43.4 Å². The SMILES string of the molecule is [CH2]C=CCN(CC)CC.[LiH]. The van der Waals surface area contributed by atoms with Gasteiger partial charge in [-0.3, -0.25) is 0 Å². The molecule has 0 aromatic rings. The molecule has 2 heteroatoms. The molecule has 0 saturated carbocycles. The fraction of sp³-hybridized carbons (Fsp3) is 0.625. The van der Waals surface area contributed by atoms with Crippen LogP contribution < -0.4 is 0 Å². The molecule has 55 valence electrons. The van der Waals surface area contributed by atoms with E-state index in [2.05, 4.69) is 31.7 Å². The fourth-order valence-corrected chi connectivity index (χ4v) is 0.705. The Morgan fingerprint density at radius 2 is 1.80 bits per heavy atom. The predicted octanol–water partition coefficient (Wildman–Crippen LogP) is 1.07. The van der Waals surface area contributed by atoms with Crippen molar-refractivity contribution in [2.45, 2.75) is 13.8 Å². The number of allylic oxidation sites excluding steroid dienone is 1. The minimum atomic E-state index is 0. The Morgan fingerprint density at radius 3 is 2.10 bits per heavy atom. The number of likely N-dealkylation sites (N-methyl/N-ethyl adjacent to an activating group) is 1. The van der Waals surface area contributed by atoms with Gasteiger partial charge in [0.15, 0.2) is 0 Å². The van der Waals surface area contributed by atoms with Gasteiger partial charge in [0.05, 0.1) is 0 Å². The van der Waals surface area contributed by atoms with Crippen molar-refractivity contribution >= 4 is 18.9 Å². The van der Waals surface area contributed by atoms with Gasteiger partial charge in [0.1, 0.15) is 0 Å². The van der Waals surface area contributed by atoms with Crippen LogP contribution in [0.3, 0.4) is 0 Å². The van der Waals surface area contributed by atoms with E-state index in [1.807, 2.05) is 6.08 Å². The van der Waals surface area contributed by atoms with Gasteiger partial charge in [-0.1, -0.05) is 26.0 Å². The van der Waals surface area contributed by atoms with Crippen LogP contribution in [-0.2, 0) is 0 Å². The molecular formula is C8H17LiN. The Balaban J connectivity index is 0. The standard InChI is InChI=1S/C8H16N.Li.H/c1-4-7-8-9(5-2)6-3;;/h4,7H,1,5-6,8H2,2-3H3;;. The van der Waals surface area contributed by atoms with Crippen molar-refractivity contribution < 1.29 is 0 Å². The first kappa shape index (κ1) is 12.9. The van der Waals surface area contributed by atoms with E-state index in [0.29, 0.717) is 0 Å². The predicted molar refractivity (Wildman–Crippen MR) is 49.4 cm³/mol. The summed E-state index contributed by atoms with van der Waals surface area (Å²) in [7, 11) is 0. The van der Waals surface area contributed by atoms with Crippen LogP contribution in [0.25, 0.3) is 0 Å². The third-order valence-electron chi connectivity index (χ3n) is 1.42. The zero-order valence-corrected chi connectivity index (χ0v) is 6.43. The van der Waals surface area contributed by atoms with Crippen LogP contribution in [0.2, 0.25) is 0 Å². The first-order valence-corrected chi connectivity index (χ1v) is 3.51. The van der Waals surface area contributed by atoms with Gasteiger partial charge < -0.3 is 4.90 Å². The van der Waals surface area contributed by atoms with Crippen molar-refractivity contribution in [1.29, 1.82) is 0 Å². The Morgan fingerprint density at radius 1 is 1.30 bits per heavy atom. The molecule has 0 heterocycles. The molecule has 0 rings (SSSR count). The summed E-state index contributed by atoms with van der Waals surface area (Å²) in [6, 6.07) is 0. The van der Waals surface area contributed by atoms with Crippen molar-refractivity contribution in [1.82, 2.24) is 4.90 Å². The minimum absolute atomic E-state index is 0. The zero-order valence-electron chi connectivity index (χ0n) is 6.43. The average Bonchev–Trinajstić information content (AvgIpc) is 1.91. The van der Waals surface area contributed by atoms with Gasteiger partial charge in [-0.2, -0.15) is 0 Å². The zero-order chi connectivity index (χ0) is 7.11. The summed E-state index contributed by atoms with van der Waals surface area (Å²) in [5.41, 5.74) is 0. The molecule has 0 spiro atoms. The van der Waals surface area contributed by atoms with Crippen LogP contribution in [0.15, 0.2) is 12.2 Å². The topological polar surface area (TPSA) is 3.24 Å². The van der Waals surface area contributed by atoms with Crippen LogP contribution in [0.5, 0.6) is 0 Å². The maximum absolute atomic E-state index is 3.62. The van der Waals surface area contributed by atoms with Crippen LogP contribution in [0, 0.1) is 6.92 Å². The number of hydrogen-bond acceptors (Lipinski definition) is 1. The van der Waals surface area contributed by atoms with Crippen molar-refractivity contribution in [3.05, 3.63) is 19.1 Å². The summed E-state index contributed by atoms with van der Waals surface area (Å²) >= 11 is 0. The van der Waals surface area contributed by atoms with E-state index in [4.69, 9.17) is 0 Å². The molecule has 0 fully saturated rings. The molecule has 1 radical (unpaired) electrons. The van der Waals surface area contributed by atoms with Gasteiger partial charge in [-0.15, -0.1) is 0 Å². The van der Waals surface area contributed by atoms with Crippen molar-refractivity contribution in [2.75, 3.05) is 19.6 Å². The second kappa shape index (κ2) is 9.30. The molecular weight excluding hydrogens is 117 g/mol. The monoisotopic (exact) mass is 134 g/mol. The van der Waals surface area contributed by atoms with Crippen LogP contribution in [0.4, 0.5) is 0 Å². The molecule has 0 unspecified atom stereocenters. The van der Waals surface area contributed by atoms with Gasteiger partial charge >= 0.3 is 18.9 Å². The van der Waals surface area contributed by atoms with E-state index >= 15 is 0 Å². The summed E-state index contributed by atoms with van der Waals surface area (Å²) < 4.78 is 0. The molecule has 10 heavy (non-hydrogen) atoms. The van der Waals surface area contributed by atoms with E-state index < -0.39 is 0 Å². The molecule has 0 aliphatic heterocycles. The van der Waals surface area contributed by atoms with Crippen LogP contribution >= 0.6 is 0 Å². The molecule has 0 aliphatic rings. The van der Waals surface area contributed by atoms with E-state index in [9.17, 15) is 0 Å². The van der Waals surface area contributed by atoms with E-state index in [1.165, 1.54) is 0 Å². The maximum atomic E-state index is 3.62. The molecule has 0 N–H and O–H groups in total. The van der Waals surface area contributed by atoms with Gasteiger partial charge in [0, 0.05) is 6.54 Å². The number of rotatable bonds is 4.